The maximum Gasteiger partial charge on any atom is 0.313 e. The summed E-state index contributed by atoms with van der Waals surface area (Å²) in [6, 6.07) is 5.81. The van der Waals surface area contributed by atoms with Crippen molar-refractivity contribution in [3.05, 3.63) is 47.0 Å². The molecule has 12 heteroatoms. The Labute approximate surface area is 266 Å². The number of fused-ring (bicyclic) bond motifs is 2. The molecule has 5 rings (SSSR count). The summed E-state index contributed by atoms with van der Waals surface area (Å²) in [5.41, 5.74) is 0.193. The lowest BCUT2D eigenvalue weighted by Gasteiger charge is -2.37. The van der Waals surface area contributed by atoms with E-state index in [4.69, 9.17) is 9.47 Å². The summed E-state index contributed by atoms with van der Waals surface area (Å²) in [5.74, 6) is -3.70. The van der Waals surface area contributed by atoms with Crippen LogP contribution in [0.3, 0.4) is 0 Å². The van der Waals surface area contributed by atoms with E-state index in [9.17, 15) is 24.3 Å². The van der Waals surface area contributed by atoms with Gasteiger partial charge in [0.15, 0.2) is 0 Å². The molecule has 3 amide bonds. The van der Waals surface area contributed by atoms with Crippen LogP contribution < -0.4 is 15.1 Å². The van der Waals surface area contributed by atoms with Crippen molar-refractivity contribution in [2.45, 2.75) is 70.4 Å². The molecular weight excluding hydrogens is 632 g/mol. The summed E-state index contributed by atoms with van der Waals surface area (Å²) in [5, 5.41) is 13.0. The molecule has 7 atom stereocenters. The van der Waals surface area contributed by atoms with Gasteiger partial charge in [0.25, 0.3) is 5.91 Å². The van der Waals surface area contributed by atoms with Crippen molar-refractivity contribution in [3.63, 3.8) is 0 Å². The second kappa shape index (κ2) is 13.0. The number of ether oxygens (including phenoxy) is 2. The number of hydrogen-bond acceptors (Lipinski definition) is 8. The maximum atomic E-state index is 14.8. The Balaban J connectivity index is 1.61. The van der Waals surface area contributed by atoms with Gasteiger partial charge in [-0.15, -0.1) is 0 Å². The van der Waals surface area contributed by atoms with Crippen LogP contribution in [0.25, 0.3) is 0 Å². The summed E-state index contributed by atoms with van der Waals surface area (Å²) >= 11 is 3.54. The van der Waals surface area contributed by atoms with Crippen LogP contribution in [-0.4, -0.2) is 96.4 Å². The molecule has 0 saturated carbocycles. The molecule has 0 aromatic heterocycles. The van der Waals surface area contributed by atoms with Crippen molar-refractivity contribution < 1.29 is 33.8 Å². The average Bonchev–Trinajstić information content (AvgIpc) is 3.61. The average molecular weight is 674 g/mol. The number of aliphatic hydroxyl groups is 1. The largest absolute Gasteiger partial charge is 0.460 e. The molecule has 2 saturated heterocycles. The van der Waals surface area contributed by atoms with Crippen LogP contribution >= 0.6 is 15.9 Å². The second-order valence-corrected chi connectivity index (χ2v) is 12.7. The topological polar surface area (TPSA) is 129 Å². The van der Waals surface area contributed by atoms with E-state index in [1.54, 1.807) is 24.8 Å². The Kier molecular flexibility index (Phi) is 9.52. The predicted octanol–water partition coefficient (Wildman–Crippen LogP) is 2.52. The van der Waals surface area contributed by atoms with Crippen LogP contribution in [-0.2, 0) is 28.7 Å². The number of benzene rings is 1. The Morgan fingerprint density at radius 2 is 1.82 bits per heavy atom. The van der Waals surface area contributed by atoms with Crippen LogP contribution in [0.5, 0.6) is 0 Å². The van der Waals surface area contributed by atoms with Gasteiger partial charge in [-0.3, -0.25) is 19.2 Å². The number of nitrogens with zero attached hydrogens (tertiary/aromatic N) is 3. The predicted molar refractivity (Wildman–Crippen MR) is 168 cm³/mol. The zero-order chi connectivity index (χ0) is 31.8. The van der Waals surface area contributed by atoms with Crippen molar-refractivity contribution in [1.82, 2.24) is 10.2 Å². The van der Waals surface area contributed by atoms with Crippen LogP contribution in [0.4, 0.5) is 11.4 Å². The first-order chi connectivity index (χ1) is 21.1. The third-order valence-electron chi connectivity index (χ3n) is 9.06. The molecule has 0 unspecified atom stereocenters. The number of amides is 3. The molecule has 4 heterocycles. The number of rotatable bonds is 6. The number of aliphatic hydroxyl groups excluding tert-OH is 1. The summed E-state index contributed by atoms with van der Waals surface area (Å²) in [4.78, 5) is 60.3. The minimum atomic E-state index is -1.45. The number of likely N-dealkylation sites (tertiary alicyclic amines) is 1. The molecule has 1 spiro atoms. The summed E-state index contributed by atoms with van der Waals surface area (Å²) < 4.78 is 12.8. The molecule has 1 aromatic carbocycles. The molecular formula is C32H41BrN4O7. The zero-order valence-corrected chi connectivity index (χ0v) is 27.2. The first kappa shape index (κ1) is 32.2. The number of hydrogen-bond donors (Lipinski definition) is 2. The molecule has 4 aliphatic heterocycles. The van der Waals surface area contributed by atoms with Gasteiger partial charge >= 0.3 is 5.97 Å². The van der Waals surface area contributed by atoms with Gasteiger partial charge < -0.3 is 34.6 Å². The third kappa shape index (κ3) is 5.56. The number of cyclic esters (lactones) is 1. The lowest BCUT2D eigenvalue weighted by Crippen LogP contribution is -2.58. The normalized spacial score (nSPS) is 32.2. The number of esters is 1. The van der Waals surface area contributed by atoms with Gasteiger partial charge in [-0.2, -0.15) is 0 Å². The highest BCUT2D eigenvalue weighted by Gasteiger charge is 2.75. The van der Waals surface area contributed by atoms with Gasteiger partial charge in [0, 0.05) is 41.9 Å². The van der Waals surface area contributed by atoms with E-state index in [0.29, 0.717) is 16.6 Å². The summed E-state index contributed by atoms with van der Waals surface area (Å²) in [6.07, 6.45) is 4.67. The zero-order valence-electron chi connectivity index (χ0n) is 25.6. The van der Waals surface area contributed by atoms with Crippen LogP contribution in [0, 0.1) is 11.8 Å². The highest BCUT2D eigenvalue weighted by Crippen LogP contribution is 2.59. The lowest BCUT2D eigenvalue weighted by molar-refractivity contribution is -0.159. The molecule has 2 N–H and O–H groups in total. The van der Waals surface area contributed by atoms with Crippen molar-refractivity contribution in [2.75, 3.05) is 42.6 Å². The fourth-order valence-electron chi connectivity index (χ4n) is 6.85. The second-order valence-electron chi connectivity index (χ2n) is 11.8. The van der Waals surface area contributed by atoms with E-state index in [1.807, 2.05) is 36.4 Å². The van der Waals surface area contributed by atoms with E-state index >= 15 is 0 Å². The highest BCUT2D eigenvalue weighted by atomic mass is 79.9. The number of halogens is 1. The number of anilines is 2. The Hall–Kier alpha value is -3.22. The molecule has 5 bridgehead atoms. The summed E-state index contributed by atoms with van der Waals surface area (Å²) in [6.45, 7) is 9.09. The SMILES string of the molecule is CCN(CC)c1ccc(N2C/C=C\CCC(=O)NC[C@@H](C)OC(=O)[C@@H]3[C@H]4O[C@@]5(C=C4Br)[C@H](C2=O)N([C@H](C)CO)C(=O)[C@@H]35)cc1. The van der Waals surface area contributed by atoms with Crippen molar-refractivity contribution in [2.24, 2.45) is 11.8 Å². The molecule has 44 heavy (non-hydrogen) atoms. The Morgan fingerprint density at radius 3 is 2.48 bits per heavy atom. The quantitative estimate of drug-likeness (QED) is 0.349. The minimum Gasteiger partial charge on any atom is -0.460 e. The molecule has 238 valence electrons. The number of carbonyl (C=O) groups excluding carboxylic acids is 4. The van der Waals surface area contributed by atoms with E-state index in [0.717, 1.165) is 18.8 Å². The van der Waals surface area contributed by atoms with Crippen LogP contribution in [0.2, 0.25) is 0 Å². The number of carbonyl (C=O) groups is 4. The van der Waals surface area contributed by atoms with Crippen molar-refractivity contribution >= 4 is 51.0 Å². The molecule has 2 fully saturated rings. The van der Waals surface area contributed by atoms with E-state index in [2.05, 4.69) is 40.0 Å². The number of allylic oxidation sites excluding steroid dienone is 1. The van der Waals surface area contributed by atoms with E-state index < -0.39 is 59.5 Å². The first-order valence-corrected chi connectivity index (χ1v) is 16.1. The van der Waals surface area contributed by atoms with E-state index in [1.165, 1.54) is 4.90 Å². The van der Waals surface area contributed by atoms with Gasteiger partial charge in [0.05, 0.1) is 25.1 Å². The molecule has 0 radical (unpaired) electrons. The lowest BCUT2D eigenvalue weighted by atomic mass is 9.74. The van der Waals surface area contributed by atoms with Crippen molar-refractivity contribution in [1.29, 1.82) is 0 Å². The third-order valence-corrected chi connectivity index (χ3v) is 9.74. The minimum absolute atomic E-state index is 0.124. The van der Waals surface area contributed by atoms with Crippen LogP contribution in [0.1, 0.15) is 40.5 Å². The maximum absolute atomic E-state index is 14.8. The monoisotopic (exact) mass is 672 g/mol. The van der Waals surface area contributed by atoms with Crippen LogP contribution in [0.15, 0.2) is 47.0 Å². The highest BCUT2D eigenvalue weighted by molar-refractivity contribution is 9.11. The molecule has 11 nitrogen and oxygen atoms in total. The first-order valence-electron chi connectivity index (χ1n) is 15.4. The van der Waals surface area contributed by atoms with Gasteiger partial charge in [-0.1, -0.05) is 28.1 Å². The Morgan fingerprint density at radius 1 is 1.11 bits per heavy atom. The fraction of sp³-hybridized carbons (Fsp3) is 0.562. The molecule has 1 aromatic rings. The van der Waals surface area contributed by atoms with Gasteiger partial charge in [-0.25, -0.2) is 0 Å². The van der Waals surface area contributed by atoms with Crippen molar-refractivity contribution in [3.8, 4) is 0 Å². The van der Waals surface area contributed by atoms with E-state index in [-0.39, 0.29) is 32.0 Å². The summed E-state index contributed by atoms with van der Waals surface area (Å²) in [7, 11) is 0. The standard InChI is InChI=1S/C32H41BrN4O7/c1-5-35(6-2)21-11-13-22(14-12-21)36-15-9-7-8-10-24(39)34-17-20(4)43-31(42)25-26-29(40)37(19(3)18-38)28(30(36)41)32(26)16-23(33)27(25)44-32/h7,9,11-14,16,19-20,25-28,38H,5-6,8,10,15,17-18H2,1-4H3,(H,34,39)/b9-7-/t19-,20-,25+,26-,27+,28+,32-/m1/s1. The van der Waals surface area contributed by atoms with Gasteiger partial charge in [0.2, 0.25) is 11.8 Å². The number of nitrogens with one attached hydrogen (secondary N) is 1. The van der Waals surface area contributed by atoms with Gasteiger partial charge in [0.1, 0.15) is 29.8 Å². The Bertz CT molecular complexity index is 1350. The fourth-order valence-corrected chi connectivity index (χ4v) is 7.58. The molecule has 0 aliphatic carbocycles. The smallest absolute Gasteiger partial charge is 0.313 e. The molecule has 4 aliphatic rings. The van der Waals surface area contributed by atoms with Gasteiger partial charge in [-0.05, 0) is 64.5 Å².